The molecular formula is C25H28N4O4S. The highest BCUT2D eigenvalue weighted by molar-refractivity contribution is 7.92. The number of benzene rings is 2. The first kappa shape index (κ1) is 23.6. The van der Waals surface area contributed by atoms with Gasteiger partial charge in [0.15, 0.2) is 0 Å². The maximum absolute atomic E-state index is 13.2. The standard InChI is InChI=1S/C25H28N4O4S/c1-17-14-18(2)24(19(3)15-17)34(32,33)27-22-8-7-20(16-21(22)25(30)31)28-10-12-29(13-11-28)23-6-4-5-9-26-23/h4-9,14-16,27H,10-13H2,1-3H3,(H,30,31). The Morgan fingerprint density at radius 1 is 0.941 bits per heavy atom. The highest BCUT2D eigenvalue weighted by atomic mass is 32.2. The lowest BCUT2D eigenvalue weighted by Gasteiger charge is -2.37. The summed E-state index contributed by atoms with van der Waals surface area (Å²) in [4.78, 5) is 20.9. The Labute approximate surface area is 199 Å². The summed E-state index contributed by atoms with van der Waals surface area (Å²) in [6.45, 7) is 8.27. The van der Waals surface area contributed by atoms with E-state index in [9.17, 15) is 18.3 Å². The topological polar surface area (TPSA) is 103 Å². The van der Waals surface area contributed by atoms with Crippen molar-refractivity contribution in [1.29, 1.82) is 0 Å². The second kappa shape index (κ2) is 9.34. The smallest absolute Gasteiger partial charge is 0.337 e. The number of carbonyl (C=O) groups is 1. The Morgan fingerprint density at radius 2 is 1.59 bits per heavy atom. The van der Waals surface area contributed by atoms with Crippen LogP contribution in [-0.4, -0.2) is 50.7 Å². The number of aromatic carboxylic acids is 1. The van der Waals surface area contributed by atoms with Crippen LogP contribution in [0.4, 0.5) is 17.2 Å². The summed E-state index contributed by atoms with van der Waals surface area (Å²) < 4.78 is 28.8. The summed E-state index contributed by atoms with van der Waals surface area (Å²) in [6.07, 6.45) is 1.76. The molecule has 0 saturated carbocycles. The van der Waals surface area contributed by atoms with E-state index in [1.807, 2.05) is 25.1 Å². The van der Waals surface area contributed by atoms with Crippen LogP contribution < -0.4 is 14.5 Å². The van der Waals surface area contributed by atoms with Gasteiger partial charge in [0, 0.05) is 38.1 Å². The van der Waals surface area contributed by atoms with Crippen molar-refractivity contribution in [3.8, 4) is 0 Å². The predicted molar refractivity (Wildman–Crippen MR) is 134 cm³/mol. The van der Waals surface area contributed by atoms with Crippen LogP contribution in [0.25, 0.3) is 0 Å². The van der Waals surface area contributed by atoms with Gasteiger partial charge in [-0.25, -0.2) is 18.2 Å². The van der Waals surface area contributed by atoms with Crippen LogP contribution in [0, 0.1) is 20.8 Å². The highest BCUT2D eigenvalue weighted by Gasteiger charge is 2.24. The molecule has 2 heterocycles. The van der Waals surface area contributed by atoms with Gasteiger partial charge in [0.2, 0.25) is 0 Å². The zero-order chi connectivity index (χ0) is 24.5. The molecule has 3 aromatic rings. The molecular weight excluding hydrogens is 452 g/mol. The van der Waals surface area contributed by atoms with Crippen LogP contribution in [0.15, 0.2) is 59.6 Å². The number of piperazine rings is 1. The molecule has 1 aliphatic rings. The van der Waals surface area contributed by atoms with Crippen LogP contribution in [0.3, 0.4) is 0 Å². The largest absolute Gasteiger partial charge is 0.478 e. The van der Waals surface area contributed by atoms with Gasteiger partial charge in [-0.3, -0.25) is 4.72 Å². The summed E-state index contributed by atoms with van der Waals surface area (Å²) in [5.74, 6) is -0.274. The monoisotopic (exact) mass is 480 g/mol. The van der Waals surface area contributed by atoms with E-state index in [-0.39, 0.29) is 16.1 Å². The van der Waals surface area contributed by atoms with Crippen LogP contribution in [-0.2, 0) is 10.0 Å². The van der Waals surface area contributed by atoms with E-state index < -0.39 is 16.0 Å². The fraction of sp³-hybridized carbons (Fsp3) is 0.280. The van der Waals surface area contributed by atoms with Gasteiger partial charge in [-0.05, 0) is 62.2 Å². The van der Waals surface area contributed by atoms with Crippen LogP contribution in [0.1, 0.15) is 27.0 Å². The molecule has 2 aromatic carbocycles. The quantitative estimate of drug-likeness (QED) is 0.553. The van der Waals surface area contributed by atoms with E-state index in [4.69, 9.17) is 0 Å². The van der Waals surface area contributed by atoms with E-state index >= 15 is 0 Å². The molecule has 1 fully saturated rings. The third-order valence-electron chi connectivity index (χ3n) is 5.97. The van der Waals surface area contributed by atoms with Crippen molar-refractivity contribution in [1.82, 2.24) is 4.98 Å². The Bertz CT molecular complexity index is 1290. The predicted octanol–water partition coefficient (Wildman–Crippen LogP) is 3.83. The molecule has 1 saturated heterocycles. The fourth-order valence-corrected chi connectivity index (χ4v) is 6.05. The number of nitrogens with zero attached hydrogens (tertiary/aromatic N) is 3. The summed E-state index contributed by atoms with van der Waals surface area (Å²) in [6, 6.07) is 14.2. The number of nitrogens with one attached hydrogen (secondary N) is 1. The molecule has 9 heteroatoms. The van der Waals surface area contributed by atoms with Gasteiger partial charge in [0.1, 0.15) is 5.82 Å². The summed E-state index contributed by atoms with van der Waals surface area (Å²) in [5, 5.41) is 9.82. The van der Waals surface area contributed by atoms with Gasteiger partial charge in [0.25, 0.3) is 10.0 Å². The summed E-state index contributed by atoms with van der Waals surface area (Å²) in [5.41, 5.74) is 2.89. The van der Waals surface area contributed by atoms with Gasteiger partial charge in [-0.1, -0.05) is 23.8 Å². The van der Waals surface area contributed by atoms with E-state index in [0.717, 1.165) is 30.2 Å². The lowest BCUT2D eigenvalue weighted by Crippen LogP contribution is -2.46. The number of carboxylic acid groups (broad SMARTS) is 1. The number of pyridine rings is 1. The Hall–Kier alpha value is -3.59. The van der Waals surface area contributed by atoms with Gasteiger partial charge in [0.05, 0.1) is 16.1 Å². The highest BCUT2D eigenvalue weighted by Crippen LogP contribution is 2.29. The molecule has 0 atom stereocenters. The second-order valence-corrected chi connectivity index (χ2v) is 10.1. The molecule has 0 radical (unpaired) electrons. The zero-order valence-corrected chi connectivity index (χ0v) is 20.3. The summed E-state index contributed by atoms with van der Waals surface area (Å²) in [7, 11) is -3.96. The third-order valence-corrected chi connectivity index (χ3v) is 7.64. The molecule has 1 aliphatic heterocycles. The van der Waals surface area contributed by atoms with Gasteiger partial charge < -0.3 is 14.9 Å². The normalized spacial score (nSPS) is 14.2. The van der Waals surface area contributed by atoms with E-state index in [0.29, 0.717) is 24.2 Å². The molecule has 0 bridgehead atoms. The average Bonchev–Trinajstić information content (AvgIpc) is 2.79. The Morgan fingerprint density at radius 3 is 2.18 bits per heavy atom. The molecule has 1 aromatic heterocycles. The first-order chi connectivity index (χ1) is 16.2. The minimum absolute atomic E-state index is 0.0442. The number of rotatable bonds is 6. The molecule has 2 N–H and O–H groups in total. The first-order valence-electron chi connectivity index (χ1n) is 11.0. The summed E-state index contributed by atoms with van der Waals surface area (Å²) >= 11 is 0. The second-order valence-electron chi connectivity index (χ2n) is 8.53. The zero-order valence-electron chi connectivity index (χ0n) is 19.4. The Balaban J connectivity index is 1.57. The molecule has 8 nitrogen and oxygen atoms in total. The van der Waals surface area contributed by atoms with Crippen molar-refractivity contribution >= 4 is 33.2 Å². The van der Waals surface area contributed by atoms with Crippen molar-refractivity contribution in [2.45, 2.75) is 25.7 Å². The van der Waals surface area contributed by atoms with Gasteiger partial charge in [-0.15, -0.1) is 0 Å². The van der Waals surface area contributed by atoms with Gasteiger partial charge >= 0.3 is 5.97 Å². The maximum atomic E-state index is 13.2. The molecule has 0 amide bonds. The van der Waals surface area contributed by atoms with Crippen molar-refractivity contribution in [3.05, 3.63) is 77.0 Å². The fourth-order valence-electron chi connectivity index (χ4n) is 4.52. The third kappa shape index (κ3) is 4.84. The van der Waals surface area contributed by atoms with Crippen molar-refractivity contribution in [2.75, 3.05) is 40.7 Å². The first-order valence-corrected chi connectivity index (χ1v) is 12.5. The van der Waals surface area contributed by atoms with Crippen molar-refractivity contribution < 1.29 is 18.3 Å². The number of sulfonamides is 1. The number of anilines is 3. The van der Waals surface area contributed by atoms with Gasteiger partial charge in [-0.2, -0.15) is 0 Å². The van der Waals surface area contributed by atoms with Crippen LogP contribution >= 0.6 is 0 Å². The van der Waals surface area contributed by atoms with Crippen LogP contribution in [0.5, 0.6) is 0 Å². The number of hydrogen-bond acceptors (Lipinski definition) is 6. The minimum atomic E-state index is -3.96. The minimum Gasteiger partial charge on any atom is -0.478 e. The van der Waals surface area contributed by atoms with E-state index in [2.05, 4.69) is 19.5 Å². The lowest BCUT2D eigenvalue weighted by atomic mass is 10.1. The number of hydrogen-bond donors (Lipinski definition) is 2. The molecule has 0 aliphatic carbocycles. The Kier molecular flexibility index (Phi) is 6.47. The molecule has 34 heavy (non-hydrogen) atoms. The number of aromatic nitrogens is 1. The number of aryl methyl sites for hydroxylation is 3. The van der Waals surface area contributed by atoms with Crippen molar-refractivity contribution in [2.24, 2.45) is 0 Å². The molecule has 4 rings (SSSR count). The maximum Gasteiger partial charge on any atom is 0.337 e. The van der Waals surface area contributed by atoms with Crippen molar-refractivity contribution in [3.63, 3.8) is 0 Å². The van der Waals surface area contributed by atoms with E-state index in [1.165, 1.54) is 12.1 Å². The average molecular weight is 481 g/mol. The number of carboxylic acids is 1. The lowest BCUT2D eigenvalue weighted by molar-refractivity contribution is 0.0698. The van der Waals surface area contributed by atoms with E-state index in [1.54, 1.807) is 38.2 Å². The van der Waals surface area contributed by atoms with Crippen LogP contribution in [0.2, 0.25) is 0 Å². The molecule has 0 unspecified atom stereocenters. The SMILES string of the molecule is Cc1cc(C)c(S(=O)(=O)Nc2ccc(N3CCN(c4ccccn4)CC3)cc2C(=O)O)c(C)c1. The molecule has 0 spiro atoms. The molecule has 178 valence electrons.